The molecule has 0 spiro atoms. The predicted octanol–water partition coefficient (Wildman–Crippen LogP) is 1.92. The molecule has 0 aliphatic rings. The quantitative estimate of drug-likeness (QED) is 0.579. The van der Waals surface area contributed by atoms with E-state index >= 15 is 0 Å². The number of hydrogen-bond donors (Lipinski definition) is 2. The summed E-state index contributed by atoms with van der Waals surface area (Å²) >= 11 is 1.55. The summed E-state index contributed by atoms with van der Waals surface area (Å²) in [4.78, 5) is 14.7. The molecule has 0 aliphatic heterocycles. The average molecular weight is 356 g/mol. The molecule has 10 heteroatoms. The van der Waals surface area contributed by atoms with Gasteiger partial charge in [-0.15, -0.1) is 11.3 Å². The highest BCUT2D eigenvalue weighted by Crippen LogP contribution is 2.27. The maximum atomic E-state index is 11.7. The lowest BCUT2D eigenvalue weighted by Gasteiger charge is -2.08. The van der Waals surface area contributed by atoms with Crippen LogP contribution in [0.1, 0.15) is 10.7 Å². The fraction of sp³-hybridized carbons (Fsp3) is 0.308. The van der Waals surface area contributed by atoms with Gasteiger partial charge in [0.2, 0.25) is 10.0 Å². The molecule has 23 heavy (non-hydrogen) atoms. The highest BCUT2D eigenvalue weighted by atomic mass is 32.2. The zero-order chi connectivity index (χ0) is 17.0. The van der Waals surface area contributed by atoms with Crippen LogP contribution < -0.4 is 10.0 Å². The van der Waals surface area contributed by atoms with Crippen molar-refractivity contribution in [2.75, 3.05) is 18.9 Å². The average Bonchev–Trinajstić information content (AvgIpc) is 2.92. The number of sulfonamides is 1. The van der Waals surface area contributed by atoms with Gasteiger partial charge in [0.05, 0.1) is 20.5 Å². The molecular weight excluding hydrogens is 340 g/mol. The van der Waals surface area contributed by atoms with Crippen LogP contribution in [0.15, 0.2) is 28.5 Å². The molecule has 124 valence electrons. The van der Waals surface area contributed by atoms with E-state index in [-0.39, 0.29) is 16.3 Å². The third-order valence-corrected chi connectivity index (χ3v) is 5.34. The van der Waals surface area contributed by atoms with Crippen LogP contribution in [0.4, 0.5) is 11.4 Å². The van der Waals surface area contributed by atoms with Crippen LogP contribution in [0.5, 0.6) is 0 Å². The van der Waals surface area contributed by atoms with Crippen molar-refractivity contribution >= 4 is 32.7 Å². The van der Waals surface area contributed by atoms with Gasteiger partial charge in [0, 0.05) is 24.4 Å². The second-order valence-corrected chi connectivity index (χ2v) is 7.63. The predicted molar refractivity (Wildman–Crippen MR) is 88.4 cm³/mol. The van der Waals surface area contributed by atoms with Crippen molar-refractivity contribution in [2.24, 2.45) is 0 Å². The Hall–Kier alpha value is -2.04. The van der Waals surface area contributed by atoms with E-state index in [0.717, 1.165) is 16.8 Å². The standard InChI is InChI=1S/C13H16N4O4S2/c1-9-16-10(8-22-9)5-6-15-12-4-3-11(23(20,21)14-2)7-13(12)17(18)19/h3-4,7-8,14-15H,5-6H2,1-2H3. The molecule has 2 N–H and O–H groups in total. The molecule has 1 aromatic heterocycles. The number of nitro groups is 1. The van der Waals surface area contributed by atoms with Crippen LogP contribution in [0, 0.1) is 17.0 Å². The summed E-state index contributed by atoms with van der Waals surface area (Å²) in [6.45, 7) is 2.37. The number of thiazole rings is 1. The monoisotopic (exact) mass is 356 g/mol. The molecule has 1 heterocycles. The Morgan fingerprint density at radius 1 is 1.39 bits per heavy atom. The highest BCUT2D eigenvalue weighted by molar-refractivity contribution is 7.89. The minimum absolute atomic E-state index is 0.146. The Bertz CT molecular complexity index is 817. The third kappa shape index (κ3) is 4.24. The molecule has 2 rings (SSSR count). The van der Waals surface area contributed by atoms with E-state index < -0.39 is 14.9 Å². The number of aryl methyl sites for hydroxylation is 1. The molecular formula is C13H16N4O4S2. The molecule has 0 radical (unpaired) electrons. The Labute approximate surface area is 137 Å². The first-order valence-electron chi connectivity index (χ1n) is 6.70. The van der Waals surface area contributed by atoms with Gasteiger partial charge in [-0.3, -0.25) is 10.1 Å². The van der Waals surface area contributed by atoms with Crippen molar-refractivity contribution in [3.8, 4) is 0 Å². The number of aromatic nitrogens is 1. The molecule has 0 bridgehead atoms. The number of hydrogen-bond acceptors (Lipinski definition) is 7. The summed E-state index contributed by atoms with van der Waals surface area (Å²) in [7, 11) is -2.47. The lowest BCUT2D eigenvalue weighted by atomic mass is 10.2. The van der Waals surface area contributed by atoms with E-state index in [4.69, 9.17) is 0 Å². The number of benzene rings is 1. The van der Waals surface area contributed by atoms with Gasteiger partial charge in [0.25, 0.3) is 5.69 Å². The van der Waals surface area contributed by atoms with Crippen LogP contribution >= 0.6 is 11.3 Å². The van der Waals surface area contributed by atoms with Crippen molar-refractivity contribution in [1.29, 1.82) is 0 Å². The van der Waals surface area contributed by atoms with Crippen molar-refractivity contribution in [2.45, 2.75) is 18.2 Å². The van der Waals surface area contributed by atoms with Gasteiger partial charge >= 0.3 is 0 Å². The first kappa shape index (κ1) is 17.3. The van der Waals surface area contributed by atoms with Crippen LogP contribution in [0.2, 0.25) is 0 Å². The van der Waals surface area contributed by atoms with Gasteiger partial charge in [0.1, 0.15) is 5.69 Å². The minimum Gasteiger partial charge on any atom is -0.379 e. The fourth-order valence-corrected chi connectivity index (χ4v) is 3.34. The van der Waals surface area contributed by atoms with E-state index in [1.54, 1.807) is 11.3 Å². The Balaban J connectivity index is 2.16. The molecule has 1 aromatic carbocycles. The molecule has 0 saturated heterocycles. The zero-order valence-corrected chi connectivity index (χ0v) is 14.2. The molecule has 0 saturated carbocycles. The normalized spacial score (nSPS) is 11.4. The van der Waals surface area contributed by atoms with E-state index in [9.17, 15) is 18.5 Å². The molecule has 8 nitrogen and oxygen atoms in total. The molecule has 0 amide bonds. The molecule has 0 aliphatic carbocycles. The second-order valence-electron chi connectivity index (χ2n) is 4.68. The number of nitrogens with zero attached hydrogens (tertiary/aromatic N) is 2. The number of rotatable bonds is 7. The summed E-state index contributed by atoms with van der Waals surface area (Å²) in [5.41, 5.74) is 0.907. The SMILES string of the molecule is CNS(=O)(=O)c1ccc(NCCc2csc(C)n2)c([N+](=O)[O-])c1. The molecule has 2 aromatic rings. The Kier molecular flexibility index (Phi) is 5.29. The zero-order valence-electron chi connectivity index (χ0n) is 12.6. The summed E-state index contributed by atoms with van der Waals surface area (Å²) in [6, 6.07) is 3.77. The van der Waals surface area contributed by atoms with E-state index in [0.29, 0.717) is 13.0 Å². The van der Waals surface area contributed by atoms with Gasteiger partial charge in [-0.05, 0) is 26.1 Å². The van der Waals surface area contributed by atoms with E-state index in [1.807, 2.05) is 12.3 Å². The number of nitrogens with one attached hydrogen (secondary N) is 2. The molecule has 0 unspecified atom stereocenters. The Morgan fingerprint density at radius 3 is 2.70 bits per heavy atom. The maximum absolute atomic E-state index is 11.7. The fourth-order valence-electron chi connectivity index (χ4n) is 1.95. The topological polar surface area (TPSA) is 114 Å². The van der Waals surface area contributed by atoms with Crippen LogP contribution in [-0.2, 0) is 16.4 Å². The largest absolute Gasteiger partial charge is 0.379 e. The second kappa shape index (κ2) is 7.02. The van der Waals surface area contributed by atoms with Crippen LogP contribution in [0.3, 0.4) is 0 Å². The summed E-state index contributed by atoms with van der Waals surface area (Å²) in [5, 5.41) is 17.0. The lowest BCUT2D eigenvalue weighted by Crippen LogP contribution is -2.19. The van der Waals surface area contributed by atoms with Gasteiger partial charge in [0.15, 0.2) is 0 Å². The van der Waals surface area contributed by atoms with Crippen molar-refractivity contribution in [3.63, 3.8) is 0 Å². The van der Waals surface area contributed by atoms with Crippen molar-refractivity contribution in [3.05, 3.63) is 44.4 Å². The third-order valence-electron chi connectivity index (χ3n) is 3.11. The summed E-state index contributed by atoms with van der Waals surface area (Å²) < 4.78 is 25.6. The first-order valence-corrected chi connectivity index (χ1v) is 9.06. The lowest BCUT2D eigenvalue weighted by molar-refractivity contribution is -0.384. The van der Waals surface area contributed by atoms with E-state index in [2.05, 4.69) is 15.0 Å². The van der Waals surface area contributed by atoms with Gasteiger partial charge in [-0.1, -0.05) is 0 Å². The molecule has 0 atom stereocenters. The Morgan fingerprint density at radius 2 is 2.13 bits per heavy atom. The van der Waals surface area contributed by atoms with Gasteiger partial charge in [-0.2, -0.15) is 0 Å². The van der Waals surface area contributed by atoms with E-state index in [1.165, 1.54) is 19.2 Å². The molecule has 0 fully saturated rings. The summed E-state index contributed by atoms with van der Waals surface area (Å²) in [5.74, 6) is 0. The number of nitro benzene ring substituents is 1. The van der Waals surface area contributed by atoms with Crippen molar-refractivity contribution in [1.82, 2.24) is 9.71 Å². The van der Waals surface area contributed by atoms with Crippen molar-refractivity contribution < 1.29 is 13.3 Å². The maximum Gasteiger partial charge on any atom is 0.293 e. The summed E-state index contributed by atoms with van der Waals surface area (Å²) in [6.07, 6.45) is 0.623. The first-order chi connectivity index (χ1) is 10.8. The smallest absolute Gasteiger partial charge is 0.293 e. The van der Waals surface area contributed by atoms with Gasteiger partial charge < -0.3 is 5.32 Å². The highest BCUT2D eigenvalue weighted by Gasteiger charge is 2.20. The van der Waals surface area contributed by atoms with Crippen LogP contribution in [0.25, 0.3) is 0 Å². The number of anilines is 1. The minimum atomic E-state index is -3.72. The van der Waals surface area contributed by atoms with Crippen LogP contribution in [-0.4, -0.2) is 31.9 Å². The van der Waals surface area contributed by atoms with Gasteiger partial charge in [-0.25, -0.2) is 18.1 Å².